The van der Waals surface area contributed by atoms with Crippen molar-refractivity contribution < 1.29 is 14.3 Å². The minimum Gasteiger partial charge on any atom is -0.497 e. The van der Waals surface area contributed by atoms with Gasteiger partial charge in [0, 0.05) is 37.3 Å². The number of benzene rings is 2. The van der Waals surface area contributed by atoms with Crippen molar-refractivity contribution in [2.75, 3.05) is 33.3 Å². The minimum absolute atomic E-state index is 0.0571. The Labute approximate surface area is 179 Å². The summed E-state index contributed by atoms with van der Waals surface area (Å²) in [4.78, 5) is 30.0. The van der Waals surface area contributed by atoms with Gasteiger partial charge in [-0.25, -0.2) is 0 Å². The molecular weight excluding hydrogens is 394 g/mol. The molecule has 0 bridgehead atoms. The van der Waals surface area contributed by atoms with Gasteiger partial charge in [-0.2, -0.15) is 0 Å². The predicted molar refractivity (Wildman–Crippen MR) is 113 cm³/mol. The number of fused-ring (bicyclic) bond motifs is 5. The lowest BCUT2D eigenvalue weighted by atomic mass is 9.60. The Balaban J connectivity index is 1.13. The molecule has 4 atom stereocenters. The van der Waals surface area contributed by atoms with E-state index in [1.165, 1.54) is 0 Å². The summed E-state index contributed by atoms with van der Waals surface area (Å²) in [6.45, 7) is 3.08. The summed E-state index contributed by atoms with van der Waals surface area (Å²) >= 11 is 0. The number of aromatic amines is 1. The number of ether oxygens (including phenoxy) is 1. The maximum Gasteiger partial charge on any atom is 0.254 e. The van der Waals surface area contributed by atoms with E-state index in [4.69, 9.17) is 4.74 Å². The topological polar surface area (TPSA) is 91.4 Å². The molecule has 1 N–H and O–H groups in total. The highest BCUT2D eigenvalue weighted by atomic mass is 16.5. The number of carbonyl (C=O) groups excluding carboxylic acids is 2. The maximum absolute atomic E-state index is 13.1. The molecule has 1 aliphatic carbocycles. The van der Waals surface area contributed by atoms with E-state index in [-0.39, 0.29) is 11.8 Å². The van der Waals surface area contributed by atoms with Crippen molar-refractivity contribution in [2.45, 2.75) is 0 Å². The lowest BCUT2D eigenvalue weighted by molar-refractivity contribution is 0.0629. The van der Waals surface area contributed by atoms with Gasteiger partial charge >= 0.3 is 0 Å². The minimum atomic E-state index is 0.0571. The number of H-pyrrole nitrogens is 1. The van der Waals surface area contributed by atoms with Crippen molar-refractivity contribution in [3.8, 4) is 5.75 Å². The zero-order valence-corrected chi connectivity index (χ0v) is 17.2. The van der Waals surface area contributed by atoms with Crippen LogP contribution < -0.4 is 4.74 Å². The summed E-state index contributed by atoms with van der Waals surface area (Å²) < 4.78 is 5.26. The highest BCUT2D eigenvalue weighted by Gasteiger charge is 2.59. The van der Waals surface area contributed by atoms with Crippen LogP contribution >= 0.6 is 0 Å². The molecule has 1 aromatic heterocycles. The first kappa shape index (κ1) is 18.4. The number of carbonyl (C=O) groups is 2. The zero-order valence-electron chi connectivity index (χ0n) is 17.2. The molecule has 2 unspecified atom stereocenters. The SMILES string of the molecule is COc1cccc(C(=O)N2CC3C(C2)[C@@H]2CN(C(=O)c4ccc5[nH]nnc5c4)C[C@H]32)c1. The van der Waals surface area contributed by atoms with Gasteiger partial charge in [-0.15, -0.1) is 5.10 Å². The number of methoxy groups -OCH3 is 1. The standard InChI is InChI=1S/C23H23N5O3/c1-31-15-4-2-3-13(7-15)22(29)27-9-16-17(10-27)19-12-28(11-18(16)19)23(30)14-5-6-20-21(8-14)25-26-24-20/h2-8,16-19H,9-12H2,1H3,(H,24,25,26)/t16?,17?,18-,19+. The molecule has 158 valence electrons. The predicted octanol–water partition coefficient (Wildman–Crippen LogP) is 2.06. The second-order valence-electron chi connectivity index (χ2n) is 8.85. The lowest BCUT2D eigenvalue weighted by Crippen LogP contribution is -2.44. The molecule has 2 amide bonds. The fourth-order valence-electron chi connectivity index (χ4n) is 5.80. The molecule has 3 aliphatic rings. The lowest BCUT2D eigenvalue weighted by Gasteiger charge is -2.42. The average molecular weight is 417 g/mol. The summed E-state index contributed by atoms with van der Waals surface area (Å²) in [6.07, 6.45) is 0. The first-order valence-electron chi connectivity index (χ1n) is 10.7. The van der Waals surface area contributed by atoms with Crippen LogP contribution in [0.25, 0.3) is 11.0 Å². The van der Waals surface area contributed by atoms with E-state index >= 15 is 0 Å². The van der Waals surface area contributed by atoms with E-state index in [1.54, 1.807) is 19.2 Å². The van der Waals surface area contributed by atoms with Crippen molar-refractivity contribution in [2.24, 2.45) is 23.7 Å². The van der Waals surface area contributed by atoms with Gasteiger partial charge in [0.15, 0.2) is 0 Å². The van der Waals surface area contributed by atoms with Crippen LogP contribution in [0.4, 0.5) is 0 Å². The van der Waals surface area contributed by atoms with Gasteiger partial charge in [-0.05, 0) is 60.1 Å². The molecule has 31 heavy (non-hydrogen) atoms. The second kappa shape index (κ2) is 6.80. The Morgan fingerprint density at radius 3 is 2.13 bits per heavy atom. The maximum atomic E-state index is 13.1. The van der Waals surface area contributed by atoms with Gasteiger partial charge in [0.2, 0.25) is 0 Å². The number of hydrogen-bond donors (Lipinski definition) is 1. The third kappa shape index (κ3) is 2.81. The Morgan fingerprint density at radius 1 is 0.903 bits per heavy atom. The van der Waals surface area contributed by atoms with Crippen LogP contribution in [0.3, 0.4) is 0 Å². The summed E-state index contributed by atoms with van der Waals surface area (Å²) in [6, 6.07) is 12.8. The van der Waals surface area contributed by atoms with E-state index in [2.05, 4.69) is 15.4 Å². The first-order valence-corrected chi connectivity index (χ1v) is 10.7. The highest BCUT2D eigenvalue weighted by Crippen LogP contribution is 2.54. The molecule has 3 aromatic rings. The quantitative estimate of drug-likeness (QED) is 0.704. The van der Waals surface area contributed by atoms with Gasteiger partial charge in [0.25, 0.3) is 11.8 Å². The van der Waals surface area contributed by atoms with Gasteiger partial charge in [0.1, 0.15) is 11.3 Å². The molecule has 0 radical (unpaired) electrons. The zero-order chi connectivity index (χ0) is 21.1. The second-order valence-corrected chi connectivity index (χ2v) is 8.85. The number of nitrogens with zero attached hydrogens (tertiary/aromatic N) is 4. The van der Waals surface area contributed by atoms with Gasteiger partial charge < -0.3 is 14.5 Å². The fraction of sp³-hybridized carbons (Fsp3) is 0.391. The van der Waals surface area contributed by atoms with Gasteiger partial charge in [-0.1, -0.05) is 11.3 Å². The molecule has 2 saturated heterocycles. The summed E-state index contributed by atoms with van der Waals surface area (Å²) in [5, 5.41) is 10.6. The first-order chi connectivity index (χ1) is 15.1. The van der Waals surface area contributed by atoms with Gasteiger partial charge in [-0.3, -0.25) is 14.7 Å². The molecule has 1 saturated carbocycles. The highest BCUT2D eigenvalue weighted by molar-refractivity contribution is 5.97. The fourth-order valence-corrected chi connectivity index (χ4v) is 5.80. The normalized spacial score (nSPS) is 26.5. The molecule has 6 rings (SSSR count). The van der Waals surface area contributed by atoms with Crippen LogP contribution in [-0.2, 0) is 0 Å². The molecule has 3 fully saturated rings. The summed E-state index contributed by atoms with van der Waals surface area (Å²) in [7, 11) is 1.61. The Kier molecular flexibility index (Phi) is 4.03. The summed E-state index contributed by atoms with van der Waals surface area (Å²) in [5.74, 6) is 2.75. The number of amides is 2. The van der Waals surface area contributed by atoms with Crippen LogP contribution in [0.5, 0.6) is 5.75 Å². The molecule has 0 spiro atoms. The van der Waals surface area contributed by atoms with Crippen molar-refractivity contribution in [3.63, 3.8) is 0 Å². The Bertz CT molecular complexity index is 1170. The van der Waals surface area contributed by atoms with E-state index in [0.29, 0.717) is 46.1 Å². The van der Waals surface area contributed by atoms with E-state index in [9.17, 15) is 9.59 Å². The van der Waals surface area contributed by atoms with Crippen LogP contribution in [0.15, 0.2) is 42.5 Å². The van der Waals surface area contributed by atoms with Crippen LogP contribution in [0.2, 0.25) is 0 Å². The average Bonchev–Trinajstić information content (AvgIpc) is 3.51. The van der Waals surface area contributed by atoms with E-state index in [1.807, 2.05) is 40.1 Å². The van der Waals surface area contributed by atoms with Crippen molar-refractivity contribution in [3.05, 3.63) is 53.6 Å². The molecule has 3 heterocycles. The molecule has 2 aliphatic heterocycles. The number of nitrogens with one attached hydrogen (secondary N) is 1. The third-order valence-electron chi connectivity index (χ3n) is 7.39. The van der Waals surface area contributed by atoms with E-state index < -0.39 is 0 Å². The monoisotopic (exact) mass is 417 g/mol. The largest absolute Gasteiger partial charge is 0.497 e. The van der Waals surface area contributed by atoms with Crippen LogP contribution in [0, 0.1) is 23.7 Å². The van der Waals surface area contributed by atoms with Crippen LogP contribution in [-0.4, -0.2) is 70.3 Å². The Hall–Kier alpha value is -3.42. The Morgan fingerprint density at radius 2 is 1.52 bits per heavy atom. The van der Waals surface area contributed by atoms with Crippen molar-refractivity contribution >= 4 is 22.8 Å². The smallest absolute Gasteiger partial charge is 0.254 e. The van der Waals surface area contributed by atoms with Crippen molar-refractivity contribution in [1.82, 2.24) is 25.2 Å². The van der Waals surface area contributed by atoms with Crippen molar-refractivity contribution in [1.29, 1.82) is 0 Å². The molecule has 2 aromatic carbocycles. The number of aromatic nitrogens is 3. The third-order valence-corrected chi connectivity index (χ3v) is 7.39. The summed E-state index contributed by atoms with van der Waals surface area (Å²) in [5.41, 5.74) is 2.86. The van der Waals surface area contributed by atoms with Crippen LogP contribution in [0.1, 0.15) is 20.7 Å². The van der Waals surface area contributed by atoms with E-state index in [0.717, 1.165) is 31.7 Å². The molecular formula is C23H23N5O3. The number of likely N-dealkylation sites (tertiary alicyclic amines) is 2. The number of hydrogen-bond acceptors (Lipinski definition) is 5. The van der Waals surface area contributed by atoms with Gasteiger partial charge in [0.05, 0.1) is 12.6 Å². The molecule has 8 nitrogen and oxygen atoms in total. The number of rotatable bonds is 3. The molecule has 8 heteroatoms.